The van der Waals surface area contributed by atoms with Gasteiger partial charge in [-0.2, -0.15) is 0 Å². The van der Waals surface area contributed by atoms with E-state index in [2.05, 4.69) is 0 Å². The molecule has 106 valence electrons. The van der Waals surface area contributed by atoms with Crippen LogP contribution >= 0.6 is 35.6 Å². The van der Waals surface area contributed by atoms with Crippen molar-refractivity contribution in [3.05, 3.63) is 63.9 Å². The Balaban J connectivity index is 1.81. The Bertz CT molecular complexity index is 708. The van der Waals surface area contributed by atoms with E-state index in [1.54, 1.807) is 29.4 Å². The van der Waals surface area contributed by atoms with Crippen molar-refractivity contribution in [1.29, 1.82) is 0 Å². The van der Waals surface area contributed by atoms with Gasteiger partial charge in [0.15, 0.2) is 0 Å². The van der Waals surface area contributed by atoms with Crippen LogP contribution < -0.4 is 0 Å². The van der Waals surface area contributed by atoms with E-state index in [9.17, 15) is 4.79 Å². The van der Waals surface area contributed by atoms with E-state index in [0.29, 0.717) is 26.6 Å². The molecule has 1 fully saturated rings. The Kier molecular flexibility index (Phi) is 4.14. The summed E-state index contributed by atoms with van der Waals surface area (Å²) in [4.78, 5) is 14.5. The molecule has 0 N–H and O–H groups in total. The average Bonchev–Trinajstić information content (AvgIpc) is 3.06. The van der Waals surface area contributed by atoms with Crippen LogP contribution in [0.4, 0.5) is 0 Å². The van der Waals surface area contributed by atoms with E-state index in [0.717, 1.165) is 5.56 Å². The molecule has 2 heterocycles. The van der Waals surface area contributed by atoms with Gasteiger partial charge in [0.05, 0.1) is 17.7 Å². The maximum atomic E-state index is 12.4. The molecule has 3 rings (SSSR count). The highest BCUT2D eigenvalue weighted by Gasteiger charge is 2.32. The molecule has 0 aliphatic carbocycles. The van der Waals surface area contributed by atoms with Crippen molar-refractivity contribution in [2.45, 2.75) is 6.54 Å². The number of thiocarbonyl (C=S) groups is 1. The van der Waals surface area contributed by atoms with Gasteiger partial charge in [-0.25, -0.2) is 0 Å². The molecule has 0 unspecified atom stereocenters. The molecule has 0 bridgehead atoms. The first-order chi connectivity index (χ1) is 10.1. The number of hydrogen-bond acceptors (Lipinski definition) is 4. The molecule has 3 nitrogen and oxygen atoms in total. The number of nitrogens with zero attached hydrogens (tertiary/aromatic N) is 1. The number of benzene rings is 1. The van der Waals surface area contributed by atoms with Crippen LogP contribution in [0.3, 0.4) is 0 Å². The summed E-state index contributed by atoms with van der Waals surface area (Å²) in [6.07, 6.45) is 3.40. The highest BCUT2D eigenvalue weighted by Crippen LogP contribution is 2.33. The third-order valence-corrected chi connectivity index (χ3v) is 4.57. The fourth-order valence-electron chi connectivity index (χ4n) is 1.91. The van der Waals surface area contributed by atoms with Crippen LogP contribution in [0.25, 0.3) is 6.08 Å². The lowest BCUT2D eigenvalue weighted by molar-refractivity contribution is -0.122. The first-order valence-corrected chi connectivity index (χ1v) is 7.77. The minimum atomic E-state index is -0.101. The van der Waals surface area contributed by atoms with Gasteiger partial charge in [-0.05, 0) is 35.9 Å². The summed E-state index contributed by atoms with van der Waals surface area (Å²) in [6, 6.07) is 10.9. The first kappa shape index (κ1) is 14.4. The van der Waals surface area contributed by atoms with Crippen molar-refractivity contribution in [2.24, 2.45) is 0 Å². The SMILES string of the molecule is O=C1C(=Cc2ccc(Cl)cc2)SC(=S)N1Cc1ccco1. The van der Waals surface area contributed by atoms with E-state index in [1.807, 2.05) is 24.3 Å². The van der Waals surface area contributed by atoms with Gasteiger partial charge in [0.1, 0.15) is 10.1 Å². The highest BCUT2D eigenvalue weighted by molar-refractivity contribution is 8.26. The summed E-state index contributed by atoms with van der Waals surface area (Å²) >= 11 is 12.4. The topological polar surface area (TPSA) is 33.5 Å². The quantitative estimate of drug-likeness (QED) is 0.617. The zero-order valence-electron chi connectivity index (χ0n) is 10.8. The van der Waals surface area contributed by atoms with Crippen LogP contribution in [0.15, 0.2) is 52.0 Å². The van der Waals surface area contributed by atoms with Gasteiger partial charge >= 0.3 is 0 Å². The number of carbonyl (C=O) groups excluding carboxylic acids is 1. The van der Waals surface area contributed by atoms with Gasteiger partial charge in [-0.15, -0.1) is 0 Å². The molecule has 0 radical (unpaired) electrons. The fraction of sp³-hybridized carbons (Fsp3) is 0.0667. The van der Waals surface area contributed by atoms with Crippen LogP contribution in [-0.4, -0.2) is 15.1 Å². The van der Waals surface area contributed by atoms with Crippen molar-refractivity contribution < 1.29 is 9.21 Å². The number of furan rings is 1. The normalized spacial score (nSPS) is 17.0. The van der Waals surface area contributed by atoms with Crippen molar-refractivity contribution >= 4 is 51.9 Å². The molecule has 0 spiro atoms. The first-order valence-electron chi connectivity index (χ1n) is 6.17. The average molecular weight is 336 g/mol. The summed E-state index contributed by atoms with van der Waals surface area (Å²) in [5.74, 6) is 0.607. The second kappa shape index (κ2) is 6.05. The molecular formula is C15H10ClNO2S2. The Morgan fingerprint density at radius 3 is 2.71 bits per heavy atom. The third-order valence-electron chi connectivity index (χ3n) is 2.94. The molecule has 6 heteroatoms. The lowest BCUT2D eigenvalue weighted by atomic mass is 10.2. The minimum Gasteiger partial charge on any atom is -0.467 e. The van der Waals surface area contributed by atoms with Gasteiger partial charge in [0.2, 0.25) is 0 Å². The van der Waals surface area contributed by atoms with Crippen molar-refractivity contribution in [3.63, 3.8) is 0 Å². The Morgan fingerprint density at radius 1 is 1.29 bits per heavy atom. The summed E-state index contributed by atoms with van der Waals surface area (Å²) < 4.78 is 5.80. The molecule has 1 aliphatic rings. The monoisotopic (exact) mass is 335 g/mol. The van der Waals surface area contributed by atoms with Gasteiger partial charge in [-0.3, -0.25) is 9.69 Å². The molecule has 2 aromatic rings. The maximum absolute atomic E-state index is 12.4. The van der Waals surface area contributed by atoms with E-state index >= 15 is 0 Å². The van der Waals surface area contributed by atoms with Gasteiger partial charge in [0.25, 0.3) is 5.91 Å². The predicted octanol–water partition coefficient (Wildman–Crippen LogP) is 4.33. The van der Waals surface area contributed by atoms with E-state index < -0.39 is 0 Å². The Labute approximate surface area is 136 Å². The molecule has 0 saturated carbocycles. The second-order valence-corrected chi connectivity index (χ2v) is 6.51. The lowest BCUT2D eigenvalue weighted by Crippen LogP contribution is -2.27. The molecule has 1 saturated heterocycles. The van der Waals surface area contributed by atoms with Crippen LogP contribution in [-0.2, 0) is 11.3 Å². The van der Waals surface area contributed by atoms with Crippen LogP contribution in [0.2, 0.25) is 5.02 Å². The van der Waals surface area contributed by atoms with Crippen molar-refractivity contribution in [2.75, 3.05) is 0 Å². The number of amides is 1. The molecule has 1 aliphatic heterocycles. The van der Waals surface area contributed by atoms with Gasteiger partial charge < -0.3 is 4.42 Å². The number of halogens is 1. The third kappa shape index (κ3) is 3.20. The molecule has 1 aromatic heterocycles. The van der Waals surface area contributed by atoms with Crippen LogP contribution in [0.5, 0.6) is 0 Å². The maximum Gasteiger partial charge on any atom is 0.266 e. The standard InChI is InChI=1S/C15H10ClNO2S2/c16-11-5-3-10(4-6-11)8-13-14(18)17(15(20)21-13)9-12-2-1-7-19-12/h1-8H,9H2. The van der Waals surface area contributed by atoms with Crippen LogP contribution in [0.1, 0.15) is 11.3 Å². The van der Waals surface area contributed by atoms with Gasteiger partial charge in [0, 0.05) is 5.02 Å². The minimum absolute atomic E-state index is 0.101. The van der Waals surface area contributed by atoms with E-state index in [-0.39, 0.29) is 5.91 Å². The molecule has 1 aromatic carbocycles. The summed E-state index contributed by atoms with van der Waals surface area (Å²) in [7, 11) is 0. The fourth-order valence-corrected chi connectivity index (χ4v) is 3.29. The second-order valence-electron chi connectivity index (χ2n) is 4.40. The lowest BCUT2D eigenvalue weighted by Gasteiger charge is -2.11. The predicted molar refractivity (Wildman–Crippen MR) is 88.9 cm³/mol. The molecule has 0 atom stereocenters. The van der Waals surface area contributed by atoms with Gasteiger partial charge in [-0.1, -0.05) is 47.7 Å². The summed E-state index contributed by atoms with van der Waals surface area (Å²) in [6.45, 7) is 0.357. The van der Waals surface area contributed by atoms with E-state index in [4.69, 9.17) is 28.2 Å². The molecule has 1 amide bonds. The Hall–Kier alpha value is -1.56. The molecule has 21 heavy (non-hydrogen) atoms. The smallest absolute Gasteiger partial charge is 0.266 e. The molecular weight excluding hydrogens is 326 g/mol. The Morgan fingerprint density at radius 2 is 2.05 bits per heavy atom. The van der Waals surface area contributed by atoms with Crippen molar-refractivity contribution in [3.8, 4) is 0 Å². The summed E-state index contributed by atoms with van der Waals surface area (Å²) in [5, 5.41) is 0.664. The van der Waals surface area contributed by atoms with Crippen molar-refractivity contribution in [1.82, 2.24) is 4.90 Å². The van der Waals surface area contributed by atoms with Crippen LogP contribution in [0, 0.1) is 0 Å². The summed E-state index contributed by atoms with van der Waals surface area (Å²) in [5.41, 5.74) is 0.915. The zero-order valence-corrected chi connectivity index (χ0v) is 13.2. The largest absolute Gasteiger partial charge is 0.467 e. The number of hydrogen-bond donors (Lipinski definition) is 0. The highest BCUT2D eigenvalue weighted by atomic mass is 35.5. The number of rotatable bonds is 3. The van der Waals surface area contributed by atoms with E-state index in [1.165, 1.54) is 11.8 Å². The number of carbonyl (C=O) groups is 1. The number of thioether (sulfide) groups is 1. The zero-order chi connectivity index (χ0) is 14.8.